The van der Waals surface area contributed by atoms with Gasteiger partial charge in [-0.2, -0.15) is 0 Å². The minimum atomic E-state index is -2.01. The molecule has 0 amide bonds. The average molecular weight is 613 g/mol. The van der Waals surface area contributed by atoms with Gasteiger partial charge in [0.15, 0.2) is 23.4 Å². The Kier molecular flexibility index (Phi) is 10.8. The highest BCUT2D eigenvalue weighted by Gasteiger charge is 2.51. The van der Waals surface area contributed by atoms with Crippen molar-refractivity contribution in [3.05, 3.63) is 53.6 Å². The van der Waals surface area contributed by atoms with Gasteiger partial charge in [-0.25, -0.2) is 4.79 Å². The van der Waals surface area contributed by atoms with Crippen LogP contribution < -0.4 is 14.2 Å². The van der Waals surface area contributed by atoms with Gasteiger partial charge in [-0.15, -0.1) is 0 Å². The Bertz CT molecular complexity index is 1210. The number of benzene rings is 2. The number of ether oxygens (including phenoxy) is 7. The highest BCUT2D eigenvalue weighted by Crippen LogP contribution is 2.34. The largest absolute Gasteiger partial charge is 0.497 e. The molecule has 0 aliphatic carbocycles. The minimum Gasteiger partial charge on any atom is -0.497 e. The van der Waals surface area contributed by atoms with Crippen molar-refractivity contribution in [1.82, 2.24) is 0 Å². The molecule has 2 saturated heterocycles. The molecule has 2 heterocycles. The summed E-state index contributed by atoms with van der Waals surface area (Å²) >= 11 is 0. The number of carbonyl (C=O) groups excluding carboxylic acids is 1. The standard InChI is InChI=1S/C28H36O15/c1-37-16-6-3-14(4-7-16)25(35)40-12-28(36)13-41-27(24(28)34)39-11-20-21(31)22(32)23(33)26(43-20)42-18-8-5-15(17(30)10-29)9-19(18)38-2/h3-9,17,20-24,26-27,29-34,36H,10-13H2,1-2H3. The summed E-state index contributed by atoms with van der Waals surface area (Å²) in [5.74, 6) is -0.0212. The third-order valence-corrected chi connectivity index (χ3v) is 7.17. The maximum atomic E-state index is 12.4. The van der Waals surface area contributed by atoms with Crippen molar-refractivity contribution in [3.8, 4) is 17.2 Å². The Labute approximate surface area is 246 Å². The van der Waals surface area contributed by atoms with Crippen LogP contribution in [-0.4, -0.2) is 131 Å². The van der Waals surface area contributed by atoms with E-state index >= 15 is 0 Å². The molecule has 2 fully saturated rings. The van der Waals surface area contributed by atoms with E-state index in [1.165, 1.54) is 44.6 Å². The maximum absolute atomic E-state index is 12.4. The Morgan fingerprint density at radius 1 is 0.977 bits per heavy atom. The van der Waals surface area contributed by atoms with Crippen molar-refractivity contribution in [2.24, 2.45) is 0 Å². The molecule has 2 aliphatic heterocycles. The number of aliphatic hydroxyl groups excluding tert-OH is 6. The Morgan fingerprint density at radius 2 is 1.70 bits per heavy atom. The molecule has 4 rings (SSSR count). The van der Waals surface area contributed by atoms with Crippen LogP contribution in [0.3, 0.4) is 0 Å². The predicted molar refractivity (Wildman–Crippen MR) is 142 cm³/mol. The number of methoxy groups -OCH3 is 2. The lowest BCUT2D eigenvalue weighted by atomic mass is 9.99. The second-order valence-electron chi connectivity index (χ2n) is 10.1. The molecule has 0 bridgehead atoms. The molecular weight excluding hydrogens is 576 g/mol. The Balaban J connectivity index is 1.34. The second kappa shape index (κ2) is 14.1. The van der Waals surface area contributed by atoms with Crippen LogP contribution in [-0.2, 0) is 18.9 Å². The van der Waals surface area contributed by atoms with Crippen LogP contribution in [0.2, 0.25) is 0 Å². The molecule has 15 nitrogen and oxygen atoms in total. The van der Waals surface area contributed by atoms with Crippen LogP contribution in [0.25, 0.3) is 0 Å². The summed E-state index contributed by atoms with van der Waals surface area (Å²) in [5, 5.41) is 71.9. The van der Waals surface area contributed by atoms with Gasteiger partial charge in [-0.3, -0.25) is 0 Å². The minimum absolute atomic E-state index is 0.0625. The Morgan fingerprint density at radius 3 is 2.35 bits per heavy atom. The quantitative estimate of drug-likeness (QED) is 0.132. The van der Waals surface area contributed by atoms with Crippen molar-refractivity contribution in [3.63, 3.8) is 0 Å². The summed E-state index contributed by atoms with van der Waals surface area (Å²) in [6.45, 7) is -2.06. The molecule has 238 valence electrons. The van der Waals surface area contributed by atoms with Crippen LogP contribution in [0.5, 0.6) is 17.2 Å². The third-order valence-electron chi connectivity index (χ3n) is 7.17. The summed E-state index contributed by atoms with van der Waals surface area (Å²) in [4.78, 5) is 12.4. The van der Waals surface area contributed by atoms with E-state index in [0.29, 0.717) is 11.3 Å². The van der Waals surface area contributed by atoms with Gasteiger partial charge in [-0.1, -0.05) is 6.07 Å². The molecule has 2 aliphatic rings. The van der Waals surface area contributed by atoms with Gasteiger partial charge in [0.2, 0.25) is 6.29 Å². The first-order valence-corrected chi connectivity index (χ1v) is 13.3. The van der Waals surface area contributed by atoms with E-state index in [9.17, 15) is 40.5 Å². The molecule has 0 aromatic heterocycles. The zero-order valence-electron chi connectivity index (χ0n) is 23.4. The zero-order valence-corrected chi connectivity index (χ0v) is 23.4. The highest BCUT2D eigenvalue weighted by molar-refractivity contribution is 5.89. The van der Waals surface area contributed by atoms with Gasteiger partial charge < -0.3 is 68.9 Å². The number of carbonyl (C=O) groups is 1. The fourth-order valence-corrected chi connectivity index (χ4v) is 4.48. The van der Waals surface area contributed by atoms with E-state index in [2.05, 4.69) is 0 Å². The first-order chi connectivity index (χ1) is 20.5. The lowest BCUT2D eigenvalue weighted by molar-refractivity contribution is -0.289. The van der Waals surface area contributed by atoms with Gasteiger partial charge in [0, 0.05) is 0 Å². The van der Waals surface area contributed by atoms with E-state index in [0.717, 1.165) is 0 Å². The van der Waals surface area contributed by atoms with Crippen molar-refractivity contribution < 1.29 is 73.7 Å². The molecule has 9 unspecified atom stereocenters. The van der Waals surface area contributed by atoms with Gasteiger partial charge in [0.05, 0.1) is 39.6 Å². The van der Waals surface area contributed by atoms with Crippen molar-refractivity contribution >= 4 is 5.97 Å². The van der Waals surface area contributed by atoms with E-state index in [1.54, 1.807) is 12.1 Å². The van der Waals surface area contributed by atoms with Crippen molar-refractivity contribution in [2.75, 3.05) is 40.6 Å². The van der Waals surface area contributed by atoms with Crippen LogP contribution >= 0.6 is 0 Å². The molecule has 15 heteroatoms. The molecule has 0 spiro atoms. The molecule has 43 heavy (non-hydrogen) atoms. The van der Waals surface area contributed by atoms with Crippen LogP contribution in [0.4, 0.5) is 0 Å². The van der Waals surface area contributed by atoms with E-state index in [-0.39, 0.29) is 17.1 Å². The first kappa shape index (κ1) is 32.8. The SMILES string of the molecule is COc1ccc(C(=O)OCC2(O)COC(OCC3OC(Oc4ccc(C(O)CO)cc4OC)C(O)C(O)C3O)C2O)cc1. The van der Waals surface area contributed by atoms with Crippen molar-refractivity contribution in [2.45, 2.75) is 54.8 Å². The molecule has 0 radical (unpaired) electrons. The molecular formula is C28H36O15. The Hall–Kier alpha value is -3.09. The molecule has 9 atom stereocenters. The van der Waals surface area contributed by atoms with Gasteiger partial charge in [0.1, 0.15) is 49.0 Å². The summed E-state index contributed by atoms with van der Waals surface area (Å²) in [5.41, 5.74) is -1.47. The van der Waals surface area contributed by atoms with Crippen LogP contribution in [0.1, 0.15) is 22.0 Å². The zero-order chi connectivity index (χ0) is 31.3. The number of aliphatic hydroxyl groups is 7. The topological polar surface area (TPSA) is 223 Å². The number of esters is 1. The van der Waals surface area contributed by atoms with Gasteiger partial charge >= 0.3 is 5.97 Å². The molecule has 7 N–H and O–H groups in total. The maximum Gasteiger partial charge on any atom is 0.338 e. The van der Waals surface area contributed by atoms with E-state index in [4.69, 9.17) is 33.2 Å². The summed E-state index contributed by atoms with van der Waals surface area (Å²) in [6, 6.07) is 10.3. The lowest BCUT2D eigenvalue weighted by Crippen LogP contribution is -2.60. The lowest BCUT2D eigenvalue weighted by Gasteiger charge is -2.40. The van der Waals surface area contributed by atoms with Gasteiger partial charge in [0.25, 0.3) is 0 Å². The fraction of sp³-hybridized carbons (Fsp3) is 0.536. The monoisotopic (exact) mass is 612 g/mol. The summed E-state index contributed by atoms with van der Waals surface area (Å²) in [7, 11) is 2.81. The third kappa shape index (κ3) is 7.35. The average Bonchev–Trinajstić information content (AvgIpc) is 3.31. The van der Waals surface area contributed by atoms with Crippen molar-refractivity contribution in [1.29, 1.82) is 0 Å². The van der Waals surface area contributed by atoms with E-state index in [1.807, 2.05) is 0 Å². The normalized spacial score (nSPS) is 31.3. The molecule has 2 aromatic rings. The van der Waals surface area contributed by atoms with Gasteiger partial charge in [-0.05, 0) is 42.0 Å². The molecule has 2 aromatic carbocycles. The first-order valence-electron chi connectivity index (χ1n) is 13.3. The number of rotatable bonds is 12. The summed E-state index contributed by atoms with van der Waals surface area (Å²) in [6.07, 6.45) is -12.1. The van der Waals surface area contributed by atoms with Crippen LogP contribution in [0.15, 0.2) is 42.5 Å². The van der Waals surface area contributed by atoms with Crippen LogP contribution in [0, 0.1) is 0 Å². The number of hydrogen-bond donors (Lipinski definition) is 7. The molecule has 0 saturated carbocycles. The highest BCUT2D eigenvalue weighted by atomic mass is 16.7. The smallest absolute Gasteiger partial charge is 0.338 e. The summed E-state index contributed by atoms with van der Waals surface area (Å²) < 4.78 is 37.7. The fourth-order valence-electron chi connectivity index (χ4n) is 4.48. The number of hydrogen-bond acceptors (Lipinski definition) is 15. The predicted octanol–water partition coefficient (Wildman–Crippen LogP) is -1.76. The van der Waals surface area contributed by atoms with E-state index < -0.39 is 87.2 Å². The second-order valence-corrected chi connectivity index (χ2v) is 10.1.